The highest BCUT2D eigenvalue weighted by Gasteiger charge is 2.28. The number of hydrogen-bond acceptors (Lipinski definition) is 8. The Morgan fingerprint density at radius 3 is 1.53 bits per heavy atom. The number of phosphoric ester groups is 1. The van der Waals surface area contributed by atoms with Crippen molar-refractivity contribution in [3.05, 3.63) is 12.2 Å². The quantitative estimate of drug-likeness (QED) is 0.0206. The van der Waals surface area contributed by atoms with Crippen molar-refractivity contribution in [2.45, 2.75) is 199 Å². The largest absolute Gasteiger partial charge is 0.480 e. The fourth-order valence-electron chi connectivity index (χ4n) is 5.60. The first-order valence-corrected chi connectivity index (χ1v) is 21.7. The van der Waals surface area contributed by atoms with Crippen molar-refractivity contribution >= 4 is 25.7 Å². The second kappa shape index (κ2) is 35.3. The molecule has 12 heteroatoms. The first kappa shape index (κ1) is 49.2. The van der Waals surface area contributed by atoms with Crippen LogP contribution in [0.25, 0.3) is 0 Å². The third kappa shape index (κ3) is 35.0. The molecule has 3 atom stereocenters. The van der Waals surface area contributed by atoms with Crippen LogP contribution in [-0.2, 0) is 32.7 Å². The molecule has 0 aliphatic rings. The Morgan fingerprint density at radius 1 is 0.608 bits per heavy atom. The van der Waals surface area contributed by atoms with E-state index in [4.69, 9.17) is 13.8 Å². The van der Waals surface area contributed by atoms with Gasteiger partial charge in [0.25, 0.3) is 0 Å². The van der Waals surface area contributed by atoms with Gasteiger partial charge in [-0.2, -0.15) is 0 Å². The van der Waals surface area contributed by atoms with Gasteiger partial charge in [-0.15, -0.1) is 0 Å². The number of aliphatic hydroxyl groups excluding tert-OH is 1. The number of rotatable bonds is 38. The van der Waals surface area contributed by atoms with Gasteiger partial charge in [-0.3, -0.25) is 18.6 Å². The minimum absolute atomic E-state index is 0.138. The van der Waals surface area contributed by atoms with Crippen LogP contribution in [0.2, 0.25) is 0 Å². The molecule has 0 heterocycles. The fourth-order valence-corrected chi connectivity index (χ4v) is 6.38. The van der Waals surface area contributed by atoms with Crippen LogP contribution in [0, 0.1) is 0 Å². The average molecular weight is 748 g/mol. The number of nitrogens with one attached hydrogen (secondary N) is 1. The monoisotopic (exact) mass is 748 g/mol. The van der Waals surface area contributed by atoms with Gasteiger partial charge in [0, 0.05) is 12.8 Å². The standard InChI is InChI=1S/C39H74NO10P/c1-3-5-7-9-11-13-15-17-18-19-21-23-25-27-29-31-38(43)48-32-35(41)33-49-51(46,47)50-34-36(39(44)45)40-37(42)30-28-26-24-22-20-16-14-12-10-8-6-4-2/h12,14,35-36,41H,3-11,13,15-34H2,1-2H3,(H,40,42)(H,44,45)(H,46,47)/b14-12-. The number of esters is 1. The number of amides is 1. The van der Waals surface area contributed by atoms with Crippen molar-refractivity contribution in [2.24, 2.45) is 0 Å². The summed E-state index contributed by atoms with van der Waals surface area (Å²) < 4.78 is 26.7. The molecule has 0 saturated heterocycles. The minimum atomic E-state index is -4.75. The zero-order valence-electron chi connectivity index (χ0n) is 32.2. The summed E-state index contributed by atoms with van der Waals surface area (Å²) in [6, 6.07) is -1.55. The van der Waals surface area contributed by atoms with Crippen LogP contribution in [0.5, 0.6) is 0 Å². The molecule has 0 aliphatic heterocycles. The van der Waals surface area contributed by atoms with E-state index in [1.807, 2.05) is 0 Å². The summed E-state index contributed by atoms with van der Waals surface area (Å²) in [4.78, 5) is 45.7. The maximum absolute atomic E-state index is 12.2. The zero-order valence-corrected chi connectivity index (χ0v) is 33.1. The third-order valence-electron chi connectivity index (χ3n) is 8.80. The van der Waals surface area contributed by atoms with Crippen molar-refractivity contribution in [1.82, 2.24) is 5.32 Å². The van der Waals surface area contributed by atoms with Gasteiger partial charge in [0.1, 0.15) is 12.7 Å². The average Bonchev–Trinajstić information content (AvgIpc) is 3.10. The highest BCUT2D eigenvalue weighted by molar-refractivity contribution is 7.47. The first-order chi connectivity index (χ1) is 24.6. The third-order valence-corrected chi connectivity index (χ3v) is 9.76. The van der Waals surface area contributed by atoms with E-state index in [0.29, 0.717) is 12.8 Å². The maximum atomic E-state index is 12.2. The van der Waals surface area contributed by atoms with Gasteiger partial charge in [-0.05, 0) is 38.5 Å². The number of carbonyl (C=O) groups excluding carboxylic acids is 2. The van der Waals surface area contributed by atoms with Crippen molar-refractivity contribution < 1.29 is 47.8 Å². The maximum Gasteiger partial charge on any atom is 0.472 e. The minimum Gasteiger partial charge on any atom is -0.480 e. The number of unbranched alkanes of at least 4 members (excludes halogenated alkanes) is 22. The summed E-state index contributed by atoms with van der Waals surface area (Å²) >= 11 is 0. The predicted octanol–water partition coefficient (Wildman–Crippen LogP) is 9.72. The molecule has 0 aromatic rings. The van der Waals surface area contributed by atoms with Gasteiger partial charge < -0.3 is 25.2 Å². The molecule has 0 aromatic carbocycles. The molecular formula is C39H74NO10P. The lowest BCUT2D eigenvalue weighted by molar-refractivity contribution is -0.147. The number of aliphatic carboxylic acids is 1. The molecule has 0 bridgehead atoms. The number of phosphoric acid groups is 1. The van der Waals surface area contributed by atoms with Gasteiger partial charge in [0.05, 0.1) is 13.2 Å². The van der Waals surface area contributed by atoms with Crippen molar-refractivity contribution in [3.63, 3.8) is 0 Å². The highest BCUT2D eigenvalue weighted by atomic mass is 31.2. The van der Waals surface area contributed by atoms with E-state index in [2.05, 4.69) is 31.3 Å². The van der Waals surface area contributed by atoms with Gasteiger partial charge in [0.15, 0.2) is 6.04 Å². The van der Waals surface area contributed by atoms with Crippen molar-refractivity contribution in [1.29, 1.82) is 0 Å². The SMILES string of the molecule is CCCCC/C=C\CCCCCCCC(=O)NC(COP(=O)(O)OCC(O)COC(=O)CCCCCCCCCCCCCCCCC)C(=O)O. The van der Waals surface area contributed by atoms with Crippen LogP contribution in [0.1, 0.15) is 187 Å². The summed E-state index contributed by atoms with van der Waals surface area (Å²) in [5.41, 5.74) is 0. The summed E-state index contributed by atoms with van der Waals surface area (Å²) in [7, 11) is -4.75. The fraction of sp³-hybridized carbons (Fsp3) is 0.872. The van der Waals surface area contributed by atoms with E-state index < -0.39 is 57.6 Å². The number of aliphatic hydroxyl groups is 1. The van der Waals surface area contributed by atoms with Crippen LogP contribution in [-0.4, -0.2) is 64.9 Å². The molecule has 0 spiro atoms. The topological polar surface area (TPSA) is 169 Å². The molecule has 3 unspecified atom stereocenters. The summed E-state index contributed by atoms with van der Waals surface area (Å²) in [6.07, 6.45) is 32.4. The molecule has 0 rings (SSSR count). The highest BCUT2D eigenvalue weighted by Crippen LogP contribution is 2.43. The van der Waals surface area contributed by atoms with E-state index in [0.717, 1.165) is 57.8 Å². The number of allylic oxidation sites excluding steroid dienone is 2. The van der Waals surface area contributed by atoms with Gasteiger partial charge in [-0.25, -0.2) is 9.36 Å². The molecule has 0 saturated carbocycles. The van der Waals surface area contributed by atoms with E-state index >= 15 is 0 Å². The summed E-state index contributed by atoms with van der Waals surface area (Å²) in [5.74, 6) is -2.38. The van der Waals surface area contributed by atoms with Crippen molar-refractivity contribution in [2.75, 3.05) is 19.8 Å². The number of carboxylic acids is 1. The van der Waals surface area contributed by atoms with Crippen molar-refractivity contribution in [3.8, 4) is 0 Å². The van der Waals surface area contributed by atoms with Gasteiger partial charge in [0.2, 0.25) is 5.91 Å². The summed E-state index contributed by atoms with van der Waals surface area (Å²) in [6.45, 7) is 2.56. The second-order valence-electron chi connectivity index (χ2n) is 13.8. The van der Waals surface area contributed by atoms with Crippen LogP contribution in [0.15, 0.2) is 12.2 Å². The predicted molar refractivity (Wildman–Crippen MR) is 203 cm³/mol. The van der Waals surface area contributed by atoms with Crippen LogP contribution in [0.3, 0.4) is 0 Å². The van der Waals surface area contributed by atoms with Gasteiger partial charge in [-0.1, -0.05) is 148 Å². The Morgan fingerprint density at radius 2 is 1.02 bits per heavy atom. The lowest BCUT2D eigenvalue weighted by atomic mass is 10.0. The van der Waals surface area contributed by atoms with Crippen LogP contribution >= 0.6 is 7.82 Å². The Labute approximate surface area is 309 Å². The Balaban J connectivity index is 3.92. The van der Waals surface area contributed by atoms with Crippen LogP contribution in [0.4, 0.5) is 0 Å². The molecule has 0 fully saturated rings. The number of carboxylic acid groups (broad SMARTS) is 1. The zero-order chi connectivity index (χ0) is 37.8. The summed E-state index contributed by atoms with van der Waals surface area (Å²) in [5, 5.41) is 21.7. The van der Waals surface area contributed by atoms with Crippen LogP contribution < -0.4 is 5.32 Å². The molecule has 4 N–H and O–H groups in total. The van der Waals surface area contributed by atoms with E-state index in [1.54, 1.807) is 0 Å². The molecule has 0 aliphatic carbocycles. The van der Waals surface area contributed by atoms with E-state index in [9.17, 15) is 34.1 Å². The molecule has 0 aromatic heterocycles. The molecule has 300 valence electrons. The molecule has 0 radical (unpaired) electrons. The lowest BCUT2D eigenvalue weighted by Gasteiger charge is -2.18. The van der Waals surface area contributed by atoms with E-state index in [1.165, 1.54) is 89.9 Å². The second-order valence-corrected chi connectivity index (χ2v) is 15.3. The first-order valence-electron chi connectivity index (χ1n) is 20.2. The molecule has 1 amide bonds. The lowest BCUT2D eigenvalue weighted by Crippen LogP contribution is -2.43. The molecule has 11 nitrogen and oxygen atoms in total. The Bertz CT molecular complexity index is 932. The molecular weight excluding hydrogens is 673 g/mol. The van der Waals surface area contributed by atoms with E-state index in [-0.39, 0.29) is 12.8 Å². The Hall–Kier alpha value is -1.78. The smallest absolute Gasteiger partial charge is 0.472 e. The normalized spacial score (nSPS) is 14.0. The van der Waals surface area contributed by atoms with Gasteiger partial charge >= 0.3 is 19.8 Å². The molecule has 51 heavy (non-hydrogen) atoms. The number of carbonyl (C=O) groups is 3. The Kier molecular flexibility index (Phi) is 34.0. The number of ether oxygens (including phenoxy) is 1. The number of hydrogen-bond donors (Lipinski definition) is 4.